The molecular weight excluding hydrogens is 470 g/mol. The number of carbonyl (C=O) groups is 1. The first-order valence-corrected chi connectivity index (χ1v) is 12.6. The van der Waals surface area contributed by atoms with E-state index in [4.69, 9.17) is 16.6 Å². The predicted octanol–water partition coefficient (Wildman–Crippen LogP) is 6.23. The van der Waals surface area contributed by atoms with Gasteiger partial charge in [0.05, 0.1) is 11.9 Å². The largest absolute Gasteiger partial charge is 0.367 e. The van der Waals surface area contributed by atoms with E-state index in [9.17, 15) is 4.79 Å². The van der Waals surface area contributed by atoms with Gasteiger partial charge in [0.15, 0.2) is 5.65 Å². The minimum Gasteiger partial charge on any atom is -0.367 e. The number of aryl methyl sites for hydroxylation is 1. The molecule has 0 radical (unpaired) electrons. The number of nitrogens with zero attached hydrogens (tertiary/aromatic N) is 4. The number of fused-ring (bicyclic) bond motifs is 2. The number of likely N-dealkylation sites (tertiary alicyclic amines) is 1. The lowest BCUT2D eigenvalue weighted by atomic mass is 10.0. The van der Waals surface area contributed by atoms with Crippen LogP contribution in [-0.4, -0.2) is 44.5 Å². The summed E-state index contributed by atoms with van der Waals surface area (Å²) in [6.07, 6.45) is 3.53. The van der Waals surface area contributed by atoms with Crippen molar-refractivity contribution in [3.63, 3.8) is 0 Å². The lowest BCUT2D eigenvalue weighted by Crippen LogP contribution is -2.42. The van der Waals surface area contributed by atoms with E-state index in [0.717, 1.165) is 57.5 Å². The molecule has 6 nitrogen and oxygen atoms in total. The molecule has 0 aliphatic carbocycles. The number of halogens is 1. The number of carbonyl (C=O) groups excluding carboxylic acids is 1. The minimum atomic E-state index is 0.0919. The molecule has 0 spiro atoms. The van der Waals surface area contributed by atoms with Gasteiger partial charge < -0.3 is 10.2 Å². The summed E-state index contributed by atoms with van der Waals surface area (Å²) in [6, 6.07) is 24.0. The molecule has 3 heterocycles. The van der Waals surface area contributed by atoms with Crippen LogP contribution in [0.25, 0.3) is 27.7 Å². The highest BCUT2D eigenvalue weighted by atomic mass is 35.5. The fourth-order valence-electron chi connectivity index (χ4n) is 4.92. The SMILES string of the molecule is Cc1cnn2c(NC3CCN(C(=O)c4ccc5ccccc5c4)CC3)cc(-c3ccccc3Cl)nc12. The highest BCUT2D eigenvalue weighted by Gasteiger charge is 2.25. The van der Waals surface area contributed by atoms with E-state index in [0.29, 0.717) is 18.1 Å². The van der Waals surface area contributed by atoms with Crippen LogP contribution in [0, 0.1) is 6.92 Å². The Kier molecular flexibility index (Phi) is 5.82. The minimum absolute atomic E-state index is 0.0919. The van der Waals surface area contributed by atoms with Crippen LogP contribution in [0.2, 0.25) is 5.02 Å². The van der Waals surface area contributed by atoms with Crippen molar-refractivity contribution in [2.24, 2.45) is 0 Å². The second-order valence-electron chi connectivity index (χ2n) is 9.34. The topological polar surface area (TPSA) is 62.5 Å². The van der Waals surface area contributed by atoms with Crippen LogP contribution in [-0.2, 0) is 0 Å². The van der Waals surface area contributed by atoms with Gasteiger partial charge >= 0.3 is 0 Å². The summed E-state index contributed by atoms with van der Waals surface area (Å²) in [5, 5.41) is 11.1. The number of hydrogen-bond acceptors (Lipinski definition) is 4. The summed E-state index contributed by atoms with van der Waals surface area (Å²) in [5.74, 6) is 0.969. The number of hydrogen-bond donors (Lipinski definition) is 1. The van der Waals surface area contributed by atoms with E-state index in [2.05, 4.69) is 16.5 Å². The van der Waals surface area contributed by atoms with Gasteiger partial charge in [0, 0.05) is 46.9 Å². The molecule has 0 unspecified atom stereocenters. The maximum atomic E-state index is 13.2. The van der Waals surface area contributed by atoms with Crippen LogP contribution in [0.15, 0.2) is 79.0 Å². The Morgan fingerprint density at radius 3 is 2.53 bits per heavy atom. The summed E-state index contributed by atoms with van der Waals surface area (Å²) in [5.41, 5.74) is 4.25. The molecule has 180 valence electrons. The zero-order valence-electron chi connectivity index (χ0n) is 20.0. The Bertz CT molecular complexity index is 1590. The number of nitrogens with one attached hydrogen (secondary N) is 1. The maximum absolute atomic E-state index is 13.2. The first kappa shape index (κ1) is 22.6. The van der Waals surface area contributed by atoms with Crippen molar-refractivity contribution in [1.29, 1.82) is 0 Å². The van der Waals surface area contributed by atoms with Gasteiger partial charge in [-0.25, -0.2) is 4.98 Å². The zero-order valence-corrected chi connectivity index (χ0v) is 20.7. The third-order valence-electron chi connectivity index (χ3n) is 6.93. The monoisotopic (exact) mass is 495 g/mol. The Morgan fingerprint density at radius 2 is 1.72 bits per heavy atom. The highest BCUT2D eigenvalue weighted by Crippen LogP contribution is 2.30. The zero-order chi connectivity index (χ0) is 24.6. The van der Waals surface area contributed by atoms with E-state index in [1.54, 1.807) is 0 Å². The third kappa shape index (κ3) is 4.18. The molecule has 0 saturated carbocycles. The van der Waals surface area contributed by atoms with E-state index < -0.39 is 0 Å². The van der Waals surface area contributed by atoms with E-state index >= 15 is 0 Å². The molecule has 2 aromatic heterocycles. The molecule has 1 aliphatic rings. The summed E-state index contributed by atoms with van der Waals surface area (Å²) >= 11 is 6.48. The predicted molar refractivity (Wildman–Crippen MR) is 145 cm³/mol. The van der Waals surface area contributed by atoms with E-state index in [1.807, 2.05) is 89.3 Å². The normalized spacial score (nSPS) is 14.4. The van der Waals surface area contributed by atoms with Crippen molar-refractivity contribution >= 4 is 39.7 Å². The molecule has 1 fully saturated rings. The van der Waals surface area contributed by atoms with Crippen molar-refractivity contribution in [3.05, 3.63) is 95.1 Å². The lowest BCUT2D eigenvalue weighted by Gasteiger charge is -2.33. The second kappa shape index (κ2) is 9.28. The molecule has 3 aromatic carbocycles. The fraction of sp³-hybridized carbons (Fsp3) is 0.207. The molecule has 1 aliphatic heterocycles. The molecule has 6 rings (SSSR count). The van der Waals surface area contributed by atoms with Crippen LogP contribution in [0.3, 0.4) is 0 Å². The van der Waals surface area contributed by atoms with Crippen LogP contribution in [0.4, 0.5) is 5.82 Å². The fourth-order valence-corrected chi connectivity index (χ4v) is 5.16. The van der Waals surface area contributed by atoms with Crippen molar-refractivity contribution in [1.82, 2.24) is 19.5 Å². The van der Waals surface area contributed by atoms with Gasteiger partial charge in [-0.2, -0.15) is 9.61 Å². The van der Waals surface area contributed by atoms with Crippen molar-refractivity contribution in [2.45, 2.75) is 25.8 Å². The average Bonchev–Trinajstić information content (AvgIpc) is 3.29. The number of piperidine rings is 1. The van der Waals surface area contributed by atoms with Crippen molar-refractivity contribution in [2.75, 3.05) is 18.4 Å². The van der Waals surface area contributed by atoms with E-state index in [-0.39, 0.29) is 11.9 Å². The standard InChI is InChI=1S/C29H26ClN5O/c1-19-18-31-35-27(17-26(33-28(19)35)24-8-4-5-9-25(24)30)32-23-12-14-34(15-13-23)29(36)22-11-10-20-6-2-3-7-21(20)16-22/h2-11,16-18,23,32H,12-15H2,1H3. The molecule has 1 N–H and O–H groups in total. The summed E-state index contributed by atoms with van der Waals surface area (Å²) in [7, 11) is 0. The number of rotatable bonds is 4. The highest BCUT2D eigenvalue weighted by molar-refractivity contribution is 6.33. The van der Waals surface area contributed by atoms with Crippen LogP contribution >= 0.6 is 11.6 Å². The molecule has 36 heavy (non-hydrogen) atoms. The molecule has 0 bridgehead atoms. The van der Waals surface area contributed by atoms with Crippen LogP contribution in [0.1, 0.15) is 28.8 Å². The van der Waals surface area contributed by atoms with Crippen molar-refractivity contribution in [3.8, 4) is 11.3 Å². The first-order valence-electron chi connectivity index (χ1n) is 12.2. The van der Waals surface area contributed by atoms with E-state index in [1.165, 1.54) is 0 Å². The number of aromatic nitrogens is 3. The van der Waals surface area contributed by atoms with Gasteiger partial charge in [0.2, 0.25) is 0 Å². The Morgan fingerprint density at radius 1 is 0.972 bits per heavy atom. The van der Waals surface area contributed by atoms with Gasteiger partial charge in [-0.3, -0.25) is 4.79 Å². The van der Waals surface area contributed by atoms with Gasteiger partial charge in [0.1, 0.15) is 5.82 Å². The van der Waals surface area contributed by atoms with Gasteiger partial charge in [-0.15, -0.1) is 0 Å². The van der Waals surface area contributed by atoms with Crippen LogP contribution < -0.4 is 5.32 Å². The molecule has 0 atom stereocenters. The summed E-state index contributed by atoms with van der Waals surface area (Å²) < 4.78 is 1.85. The second-order valence-corrected chi connectivity index (χ2v) is 9.75. The number of benzene rings is 3. The van der Waals surface area contributed by atoms with Gasteiger partial charge in [0.25, 0.3) is 5.91 Å². The van der Waals surface area contributed by atoms with Gasteiger partial charge in [-0.1, -0.05) is 60.1 Å². The molecule has 1 amide bonds. The maximum Gasteiger partial charge on any atom is 0.253 e. The number of anilines is 1. The summed E-state index contributed by atoms with van der Waals surface area (Å²) in [6.45, 7) is 3.41. The quantitative estimate of drug-likeness (QED) is 0.321. The molecule has 5 aromatic rings. The third-order valence-corrected chi connectivity index (χ3v) is 7.26. The van der Waals surface area contributed by atoms with Gasteiger partial charge in [-0.05, 0) is 48.7 Å². The lowest BCUT2D eigenvalue weighted by molar-refractivity contribution is 0.0718. The summed E-state index contributed by atoms with van der Waals surface area (Å²) in [4.78, 5) is 20.0. The van der Waals surface area contributed by atoms with Crippen molar-refractivity contribution < 1.29 is 4.79 Å². The van der Waals surface area contributed by atoms with Crippen LogP contribution in [0.5, 0.6) is 0 Å². The Balaban J connectivity index is 1.20. The smallest absolute Gasteiger partial charge is 0.253 e. The molecule has 1 saturated heterocycles. The molecular formula is C29H26ClN5O. The Labute approximate surface area is 214 Å². The Hall–Kier alpha value is -3.90. The molecule has 7 heteroatoms. The number of amides is 1. The first-order chi connectivity index (χ1) is 17.6. The average molecular weight is 496 g/mol.